The first-order valence-corrected chi connectivity index (χ1v) is 8.62. The maximum absolute atomic E-state index is 2.36. The Balaban J connectivity index is 2.02. The van der Waals surface area contributed by atoms with Gasteiger partial charge in [0, 0.05) is 11.8 Å². The van der Waals surface area contributed by atoms with Crippen LogP contribution in [-0.4, -0.2) is 0 Å². The van der Waals surface area contributed by atoms with Gasteiger partial charge in [0.25, 0.3) is 0 Å². The number of hydrogen-bond acceptors (Lipinski definition) is 0. The lowest BCUT2D eigenvalue weighted by Gasteiger charge is -2.23. The fraction of sp³-hybridized carbons (Fsp3) is 0.167. The normalized spacial score (nSPS) is 13.1. The molecule has 3 aromatic carbocycles. The van der Waals surface area contributed by atoms with Crippen LogP contribution in [0, 0.1) is 0 Å². The van der Waals surface area contributed by atoms with E-state index in [4.69, 9.17) is 0 Å². The number of rotatable bonds is 5. The molecule has 0 heterocycles. The van der Waals surface area contributed by atoms with E-state index < -0.39 is 0 Å². The summed E-state index contributed by atoms with van der Waals surface area (Å²) in [5, 5.41) is 0. The minimum atomic E-state index is 0.376. The predicted molar refractivity (Wildman–Crippen MR) is 104 cm³/mol. The molecule has 0 aliphatic heterocycles. The molecule has 0 radical (unpaired) electrons. The van der Waals surface area contributed by atoms with Crippen molar-refractivity contribution >= 4 is 6.08 Å². The summed E-state index contributed by atoms with van der Waals surface area (Å²) in [6.07, 6.45) is 2.36. The molecule has 0 aromatic heterocycles. The van der Waals surface area contributed by atoms with Crippen LogP contribution in [0.3, 0.4) is 0 Å². The molecule has 3 rings (SSSR count). The predicted octanol–water partition coefficient (Wildman–Crippen LogP) is 6.68. The van der Waals surface area contributed by atoms with Crippen molar-refractivity contribution in [1.29, 1.82) is 0 Å². The lowest BCUT2D eigenvalue weighted by atomic mass is 9.81. The average molecular weight is 312 g/mol. The van der Waals surface area contributed by atoms with Crippen molar-refractivity contribution < 1.29 is 0 Å². The summed E-state index contributed by atoms with van der Waals surface area (Å²) in [7, 11) is 0. The monoisotopic (exact) mass is 312 g/mol. The Morgan fingerprint density at radius 2 is 0.958 bits per heavy atom. The molecule has 2 atom stereocenters. The van der Waals surface area contributed by atoms with Gasteiger partial charge in [-0.05, 0) is 16.7 Å². The zero-order valence-electron chi connectivity index (χ0n) is 14.4. The molecule has 0 heteroatoms. The Morgan fingerprint density at radius 3 is 1.38 bits per heavy atom. The van der Waals surface area contributed by atoms with Gasteiger partial charge in [0.2, 0.25) is 0 Å². The van der Waals surface area contributed by atoms with Crippen molar-refractivity contribution in [3.05, 3.63) is 113 Å². The summed E-state index contributed by atoms with van der Waals surface area (Å²) in [6, 6.07) is 32.2. The maximum atomic E-state index is 2.36. The van der Waals surface area contributed by atoms with E-state index in [2.05, 4.69) is 111 Å². The SMILES string of the molecule is CC(C(=Cc1ccccc1)C(C)c1ccccc1)c1ccccc1. The molecule has 0 nitrogen and oxygen atoms in total. The first kappa shape index (κ1) is 16.3. The quantitative estimate of drug-likeness (QED) is 0.493. The van der Waals surface area contributed by atoms with Gasteiger partial charge in [-0.1, -0.05) is 116 Å². The Hall–Kier alpha value is -2.60. The minimum absolute atomic E-state index is 0.376. The Bertz CT molecular complexity index is 723. The minimum Gasteiger partial charge on any atom is -0.0622 e. The summed E-state index contributed by atoms with van der Waals surface area (Å²) in [4.78, 5) is 0. The summed E-state index contributed by atoms with van der Waals surface area (Å²) in [5.74, 6) is 0.753. The van der Waals surface area contributed by atoms with Crippen molar-refractivity contribution in [1.82, 2.24) is 0 Å². The van der Waals surface area contributed by atoms with Gasteiger partial charge in [0.05, 0.1) is 0 Å². The van der Waals surface area contributed by atoms with Crippen LogP contribution in [0.4, 0.5) is 0 Å². The van der Waals surface area contributed by atoms with Crippen molar-refractivity contribution in [2.45, 2.75) is 25.7 Å². The van der Waals surface area contributed by atoms with Gasteiger partial charge in [-0.2, -0.15) is 0 Å². The van der Waals surface area contributed by atoms with E-state index in [9.17, 15) is 0 Å². The molecule has 0 saturated carbocycles. The highest BCUT2D eigenvalue weighted by molar-refractivity contribution is 5.57. The summed E-state index contributed by atoms with van der Waals surface area (Å²) in [5.41, 5.74) is 5.43. The largest absolute Gasteiger partial charge is 0.0622 e. The lowest BCUT2D eigenvalue weighted by Crippen LogP contribution is -2.06. The van der Waals surface area contributed by atoms with Crippen molar-refractivity contribution in [3.63, 3.8) is 0 Å². The highest BCUT2D eigenvalue weighted by Crippen LogP contribution is 2.36. The number of allylic oxidation sites excluding steroid dienone is 1. The van der Waals surface area contributed by atoms with Gasteiger partial charge in [-0.3, -0.25) is 0 Å². The van der Waals surface area contributed by atoms with Crippen LogP contribution in [0.25, 0.3) is 6.08 Å². The van der Waals surface area contributed by atoms with Gasteiger partial charge in [0.15, 0.2) is 0 Å². The molecule has 0 aliphatic carbocycles. The molecule has 0 bridgehead atoms. The van der Waals surface area contributed by atoms with Crippen LogP contribution in [0.5, 0.6) is 0 Å². The molecule has 0 aliphatic rings. The third-order valence-corrected chi connectivity index (χ3v) is 4.73. The first-order chi connectivity index (χ1) is 11.8. The zero-order valence-corrected chi connectivity index (χ0v) is 14.4. The standard InChI is InChI=1S/C24H24/c1-19(22-14-8-4-9-15-22)24(18-21-12-6-3-7-13-21)20(2)23-16-10-5-11-17-23/h3-20H,1-2H3. The van der Waals surface area contributed by atoms with E-state index in [1.165, 1.54) is 22.3 Å². The molecule has 0 saturated heterocycles. The maximum Gasteiger partial charge on any atom is 0.00291 e. The molecular formula is C24H24. The van der Waals surface area contributed by atoms with Gasteiger partial charge >= 0.3 is 0 Å². The van der Waals surface area contributed by atoms with Gasteiger partial charge < -0.3 is 0 Å². The van der Waals surface area contributed by atoms with Crippen LogP contribution in [-0.2, 0) is 0 Å². The fourth-order valence-corrected chi connectivity index (χ4v) is 3.24. The van der Waals surface area contributed by atoms with E-state index in [1.807, 2.05) is 0 Å². The molecule has 2 unspecified atom stereocenters. The number of benzene rings is 3. The Morgan fingerprint density at radius 1 is 0.583 bits per heavy atom. The van der Waals surface area contributed by atoms with Crippen LogP contribution in [0.1, 0.15) is 42.4 Å². The van der Waals surface area contributed by atoms with Crippen LogP contribution in [0.2, 0.25) is 0 Å². The highest BCUT2D eigenvalue weighted by atomic mass is 14.2. The third kappa shape index (κ3) is 3.83. The van der Waals surface area contributed by atoms with Gasteiger partial charge in [0.1, 0.15) is 0 Å². The van der Waals surface area contributed by atoms with E-state index >= 15 is 0 Å². The van der Waals surface area contributed by atoms with Gasteiger partial charge in [-0.25, -0.2) is 0 Å². The van der Waals surface area contributed by atoms with Crippen molar-refractivity contribution in [3.8, 4) is 0 Å². The average Bonchev–Trinajstić information content (AvgIpc) is 2.67. The molecule has 0 fully saturated rings. The molecular weight excluding hydrogens is 288 g/mol. The van der Waals surface area contributed by atoms with E-state index in [1.54, 1.807) is 0 Å². The lowest BCUT2D eigenvalue weighted by molar-refractivity contribution is 0.768. The zero-order chi connectivity index (χ0) is 16.8. The fourth-order valence-electron chi connectivity index (χ4n) is 3.24. The second-order valence-electron chi connectivity index (χ2n) is 6.32. The van der Waals surface area contributed by atoms with Crippen LogP contribution >= 0.6 is 0 Å². The summed E-state index contributed by atoms with van der Waals surface area (Å²) < 4.78 is 0. The molecule has 0 N–H and O–H groups in total. The molecule has 3 aromatic rings. The van der Waals surface area contributed by atoms with E-state index in [0.29, 0.717) is 11.8 Å². The molecule has 0 spiro atoms. The van der Waals surface area contributed by atoms with Crippen molar-refractivity contribution in [2.24, 2.45) is 0 Å². The molecule has 0 amide bonds. The molecule has 24 heavy (non-hydrogen) atoms. The molecule has 120 valence electrons. The number of hydrogen-bond donors (Lipinski definition) is 0. The van der Waals surface area contributed by atoms with Crippen LogP contribution < -0.4 is 0 Å². The third-order valence-electron chi connectivity index (χ3n) is 4.73. The smallest absolute Gasteiger partial charge is 0.00291 e. The summed E-state index contributed by atoms with van der Waals surface area (Å²) in [6.45, 7) is 4.62. The van der Waals surface area contributed by atoms with Gasteiger partial charge in [-0.15, -0.1) is 0 Å². The van der Waals surface area contributed by atoms with Crippen LogP contribution in [0.15, 0.2) is 96.6 Å². The van der Waals surface area contributed by atoms with E-state index in [-0.39, 0.29) is 0 Å². The first-order valence-electron chi connectivity index (χ1n) is 8.62. The highest BCUT2D eigenvalue weighted by Gasteiger charge is 2.19. The van der Waals surface area contributed by atoms with E-state index in [0.717, 1.165) is 0 Å². The van der Waals surface area contributed by atoms with Crippen molar-refractivity contribution in [2.75, 3.05) is 0 Å². The second kappa shape index (κ2) is 7.79. The Kier molecular flexibility index (Phi) is 5.28. The topological polar surface area (TPSA) is 0 Å². The Labute approximate surface area is 145 Å². The summed E-state index contributed by atoms with van der Waals surface area (Å²) >= 11 is 0. The second-order valence-corrected chi connectivity index (χ2v) is 6.32.